The van der Waals surface area contributed by atoms with Crippen molar-refractivity contribution in [1.29, 1.82) is 0 Å². The predicted molar refractivity (Wildman–Crippen MR) is 244 cm³/mol. The summed E-state index contributed by atoms with van der Waals surface area (Å²) in [5.41, 5.74) is 7.58. The van der Waals surface area contributed by atoms with Crippen LogP contribution in [0.25, 0.3) is 23.1 Å². The second-order valence-electron chi connectivity index (χ2n) is 15.8. The normalized spacial score (nSPS) is 18.7. The van der Waals surface area contributed by atoms with Gasteiger partial charge in [-0.1, -0.05) is 136 Å². The Kier molecular flexibility index (Phi) is 14.0. The largest absolute Gasteiger partial charge is 0.481 e. The Morgan fingerprint density at radius 1 is 0.797 bits per heavy atom. The molecule has 2 aliphatic heterocycles. The molecule has 0 bridgehead atoms. The van der Waals surface area contributed by atoms with Gasteiger partial charge in [-0.2, -0.15) is 0 Å². The third kappa shape index (κ3) is 10.2. The van der Waals surface area contributed by atoms with Crippen LogP contribution in [0.2, 0.25) is 0 Å². The van der Waals surface area contributed by atoms with E-state index in [0.717, 1.165) is 117 Å². The summed E-state index contributed by atoms with van der Waals surface area (Å²) >= 11 is 7.91. The molecule has 1 aliphatic carbocycles. The summed E-state index contributed by atoms with van der Waals surface area (Å²) in [6.45, 7) is 2.01. The van der Waals surface area contributed by atoms with Gasteiger partial charge in [-0.3, -0.25) is 28.6 Å². The van der Waals surface area contributed by atoms with Crippen LogP contribution in [0.15, 0.2) is 71.5 Å². The minimum atomic E-state index is -1.16. The molecule has 3 aromatic carbocycles. The van der Waals surface area contributed by atoms with Gasteiger partial charge in [0.25, 0.3) is 11.5 Å². The number of hydrogen-bond donors (Lipinski definition) is 2. The number of carboxylic acid groups (broad SMARTS) is 2. The van der Waals surface area contributed by atoms with Crippen LogP contribution in [0.3, 0.4) is 0 Å². The van der Waals surface area contributed by atoms with Gasteiger partial charge in [-0.25, -0.2) is 0 Å². The van der Waals surface area contributed by atoms with Crippen molar-refractivity contribution in [3.8, 4) is 0 Å². The summed E-state index contributed by atoms with van der Waals surface area (Å²) in [7, 11) is 0. The first-order chi connectivity index (χ1) is 28.6. The number of thiazole rings is 1. The van der Waals surface area contributed by atoms with Gasteiger partial charge >= 0.3 is 11.9 Å². The number of benzene rings is 3. The second kappa shape index (κ2) is 19.5. The standard InChI is InChI=1S/C47H51N3O6S3/c1-31-15-17-32(18-16-31)19-20-33-21-24-35(25-22-33)50-38-13-11-12-36(38)37-28-34(23-26-39(37)50)29-40-44(55)49(30-42(53)54)46(58-40)43-45(56)48(47(57)59-43)27-10-8-6-4-2-3-5-7-9-14-41(51)52/h15-26,28-29,36,38H,2-14,27,30H2,1H3,(H,51,52)(H,53,54)/b20-19?,40-29-,46-43+. The van der Waals surface area contributed by atoms with Crippen LogP contribution in [-0.4, -0.2) is 54.4 Å². The van der Waals surface area contributed by atoms with E-state index < -0.39 is 24.0 Å². The van der Waals surface area contributed by atoms with Crippen molar-refractivity contribution >= 4 is 92.0 Å². The number of hydrogen-bond acceptors (Lipinski definition) is 8. The van der Waals surface area contributed by atoms with Gasteiger partial charge in [0.1, 0.15) is 20.4 Å². The number of rotatable bonds is 18. The number of carbonyl (C=O) groups excluding carboxylic acids is 1. The van der Waals surface area contributed by atoms with Crippen molar-refractivity contribution in [1.82, 2.24) is 9.47 Å². The van der Waals surface area contributed by atoms with Gasteiger partial charge in [0.15, 0.2) is 0 Å². The molecule has 308 valence electrons. The van der Waals surface area contributed by atoms with Gasteiger partial charge in [-0.15, -0.1) is 11.3 Å². The maximum absolute atomic E-state index is 13.8. The number of aryl methyl sites for hydroxylation is 1. The van der Waals surface area contributed by atoms with Crippen LogP contribution in [0.4, 0.5) is 11.4 Å². The monoisotopic (exact) mass is 849 g/mol. The van der Waals surface area contributed by atoms with Crippen LogP contribution in [0.5, 0.6) is 0 Å². The van der Waals surface area contributed by atoms with Gasteiger partial charge < -0.3 is 15.1 Å². The zero-order valence-corrected chi connectivity index (χ0v) is 35.9. The summed E-state index contributed by atoms with van der Waals surface area (Å²) in [5.74, 6) is -1.81. The first kappa shape index (κ1) is 42.3. The fourth-order valence-corrected chi connectivity index (χ4v) is 11.1. The molecule has 12 heteroatoms. The third-order valence-electron chi connectivity index (χ3n) is 11.6. The molecular weight excluding hydrogens is 799 g/mol. The smallest absolute Gasteiger partial charge is 0.323 e. The van der Waals surface area contributed by atoms with E-state index in [0.29, 0.717) is 36.9 Å². The number of fused-ring (bicyclic) bond motifs is 3. The molecule has 4 aromatic rings. The van der Waals surface area contributed by atoms with Crippen LogP contribution in [0.1, 0.15) is 117 Å². The number of carbonyl (C=O) groups is 3. The molecule has 1 saturated heterocycles. The third-order valence-corrected chi connectivity index (χ3v) is 14.3. The molecular formula is C47H51N3O6S3. The number of anilines is 2. The molecule has 2 unspecified atom stereocenters. The molecule has 2 atom stereocenters. The van der Waals surface area contributed by atoms with Gasteiger partial charge in [0.05, 0.1) is 4.53 Å². The predicted octanol–water partition coefficient (Wildman–Crippen LogP) is 9.04. The van der Waals surface area contributed by atoms with E-state index in [1.165, 1.54) is 26.9 Å². The number of thioether (sulfide) groups is 1. The second-order valence-corrected chi connectivity index (χ2v) is 18.5. The number of thiocarbonyl (C=S) groups is 1. The van der Waals surface area contributed by atoms with Crippen LogP contribution >= 0.6 is 35.3 Å². The van der Waals surface area contributed by atoms with E-state index >= 15 is 0 Å². The van der Waals surface area contributed by atoms with Crippen molar-refractivity contribution in [2.45, 2.75) is 109 Å². The maximum Gasteiger partial charge on any atom is 0.323 e. The van der Waals surface area contributed by atoms with E-state index in [1.807, 2.05) is 12.1 Å². The van der Waals surface area contributed by atoms with Crippen molar-refractivity contribution in [2.24, 2.45) is 0 Å². The quantitative estimate of drug-likeness (QED) is 0.0574. The van der Waals surface area contributed by atoms with Crippen molar-refractivity contribution in [3.05, 3.63) is 114 Å². The van der Waals surface area contributed by atoms with Gasteiger partial charge in [-0.05, 0) is 85.2 Å². The first-order valence-electron chi connectivity index (χ1n) is 20.8. The molecule has 2 fully saturated rings. The number of aliphatic carboxylic acids is 2. The van der Waals surface area contributed by atoms with Crippen molar-refractivity contribution in [3.63, 3.8) is 0 Å². The van der Waals surface area contributed by atoms with Crippen LogP contribution < -0.4 is 19.7 Å². The molecule has 0 radical (unpaired) electrons. The minimum absolute atomic E-state index is 0.236. The number of nitrogens with zero attached hydrogens (tertiary/aromatic N) is 3. The molecule has 0 spiro atoms. The molecule has 59 heavy (non-hydrogen) atoms. The molecule has 2 N–H and O–H groups in total. The zero-order chi connectivity index (χ0) is 41.5. The first-order valence-corrected chi connectivity index (χ1v) is 22.8. The molecule has 1 saturated carbocycles. The highest BCUT2D eigenvalue weighted by molar-refractivity contribution is 8.30. The Morgan fingerprint density at radius 2 is 1.42 bits per heavy atom. The topological polar surface area (TPSA) is 120 Å². The lowest BCUT2D eigenvalue weighted by molar-refractivity contribution is -0.138. The lowest BCUT2D eigenvalue weighted by atomic mass is 9.96. The van der Waals surface area contributed by atoms with E-state index in [4.69, 9.17) is 17.3 Å². The molecule has 1 aromatic heterocycles. The Morgan fingerprint density at radius 3 is 2.08 bits per heavy atom. The summed E-state index contributed by atoms with van der Waals surface area (Å²) < 4.78 is 2.32. The summed E-state index contributed by atoms with van der Waals surface area (Å²) in [6.07, 6.45) is 18.5. The lowest BCUT2D eigenvalue weighted by Crippen LogP contribution is -2.35. The Labute approximate surface area is 358 Å². The highest BCUT2D eigenvalue weighted by Gasteiger charge is 2.42. The average molecular weight is 850 g/mol. The minimum Gasteiger partial charge on any atom is -0.481 e. The lowest BCUT2D eigenvalue weighted by Gasteiger charge is -2.27. The number of unbranched alkanes of at least 4 members (excludes halogenated alkanes) is 8. The van der Waals surface area contributed by atoms with E-state index in [-0.39, 0.29) is 12.3 Å². The number of amides is 1. The number of carboxylic acids is 2. The van der Waals surface area contributed by atoms with Crippen molar-refractivity contribution in [2.75, 3.05) is 11.4 Å². The fourth-order valence-electron chi connectivity index (χ4n) is 8.54. The van der Waals surface area contributed by atoms with Crippen LogP contribution in [0, 0.1) is 6.92 Å². The SMILES string of the molecule is Cc1ccc(C=Cc2ccc(N3c4ccc(/C=c5\s/c(=C6/SC(=S)N(CCCCCCCCCCCC(=O)O)C6=O)n(CC(=O)O)c5=O)cc4C4CCCC43)cc2)cc1. The van der Waals surface area contributed by atoms with Crippen LogP contribution in [-0.2, 0) is 20.9 Å². The average Bonchev–Trinajstić information content (AvgIpc) is 3.96. The molecule has 7 rings (SSSR count). The van der Waals surface area contributed by atoms with Crippen molar-refractivity contribution < 1.29 is 24.6 Å². The van der Waals surface area contributed by atoms with E-state index in [2.05, 4.69) is 84.6 Å². The van der Waals surface area contributed by atoms with E-state index in [9.17, 15) is 24.3 Å². The Balaban J connectivity index is 1.06. The summed E-state index contributed by atoms with van der Waals surface area (Å²) in [6, 6.07) is 23.9. The fraction of sp³-hybridized carbons (Fsp3) is 0.383. The van der Waals surface area contributed by atoms with Gasteiger partial charge in [0, 0.05) is 36.3 Å². The van der Waals surface area contributed by atoms with E-state index in [1.54, 1.807) is 4.90 Å². The van der Waals surface area contributed by atoms with Gasteiger partial charge in [0.2, 0.25) is 0 Å². The Hall–Kier alpha value is -4.78. The number of aromatic nitrogens is 1. The summed E-state index contributed by atoms with van der Waals surface area (Å²) in [4.78, 5) is 54.6. The Bertz CT molecular complexity index is 2420. The highest BCUT2D eigenvalue weighted by Crippen LogP contribution is 2.52. The zero-order valence-electron chi connectivity index (χ0n) is 33.4. The highest BCUT2D eigenvalue weighted by atomic mass is 32.2. The molecule has 3 heterocycles. The molecule has 1 amide bonds. The molecule has 3 aliphatic rings. The maximum atomic E-state index is 13.8. The molecule has 9 nitrogen and oxygen atoms in total. The summed E-state index contributed by atoms with van der Waals surface area (Å²) in [5, 5.41) is 18.5.